The van der Waals surface area contributed by atoms with E-state index < -0.39 is 36.2 Å². The second-order valence-electron chi connectivity index (χ2n) is 7.74. The number of nitrogens with one attached hydrogen (secondary N) is 2. The third-order valence-electron chi connectivity index (χ3n) is 4.93. The van der Waals surface area contributed by atoms with Gasteiger partial charge in [-0.15, -0.1) is 0 Å². The Hall–Kier alpha value is -4.46. The van der Waals surface area contributed by atoms with Crippen LogP contribution in [-0.2, 0) is 0 Å². The summed E-state index contributed by atoms with van der Waals surface area (Å²) >= 11 is 1.15. The van der Waals surface area contributed by atoms with Gasteiger partial charge in [0.05, 0.1) is 0 Å². The van der Waals surface area contributed by atoms with Gasteiger partial charge in [0.1, 0.15) is 23.8 Å². The molecule has 202 valence electrons. The Balaban J connectivity index is 1.48. The maximum Gasteiger partial charge on any atom is 0.405 e. The van der Waals surface area contributed by atoms with Gasteiger partial charge < -0.3 is 19.8 Å². The maximum atomic E-state index is 14.8. The van der Waals surface area contributed by atoms with Crippen molar-refractivity contribution < 1.29 is 40.7 Å². The summed E-state index contributed by atoms with van der Waals surface area (Å²) in [6.07, 6.45) is -1.79. The van der Waals surface area contributed by atoms with Crippen LogP contribution in [0.25, 0.3) is 11.3 Å². The van der Waals surface area contributed by atoms with E-state index in [9.17, 15) is 31.5 Å². The largest absolute Gasteiger partial charge is 0.454 e. The first-order valence-electron chi connectivity index (χ1n) is 10.9. The number of amides is 2. The van der Waals surface area contributed by atoms with Crippen molar-refractivity contribution in [3.8, 4) is 22.8 Å². The normalized spacial score (nSPS) is 11.2. The molecule has 0 unspecified atom stereocenters. The van der Waals surface area contributed by atoms with Gasteiger partial charge in [0.25, 0.3) is 17.0 Å². The Bertz CT molecular complexity index is 1510. The maximum absolute atomic E-state index is 14.8. The van der Waals surface area contributed by atoms with Crippen LogP contribution in [0.4, 0.5) is 27.6 Å². The molecule has 8 nitrogen and oxygen atoms in total. The molecule has 0 atom stereocenters. The van der Waals surface area contributed by atoms with Crippen molar-refractivity contribution in [3.63, 3.8) is 0 Å². The summed E-state index contributed by atoms with van der Waals surface area (Å²) in [5.74, 6) is -3.42. The Morgan fingerprint density at radius 1 is 1.03 bits per heavy atom. The van der Waals surface area contributed by atoms with E-state index in [-0.39, 0.29) is 39.6 Å². The standard InChI is InChI=1S/C25H17F5N4O4S/c1-39-24-34-20(21(38-24)13-2-4-14(26)5-3-13)23(36)33-15-6-7-19(17(27)10-15)37-16-8-9-31-18(11-16)22(35)32-12-25(28,29)30/h2-11H,12H2,1H3,(H,32,35)(H,33,36). The average molecular weight is 564 g/mol. The number of nitrogens with zero attached hydrogens (tertiary/aromatic N) is 2. The van der Waals surface area contributed by atoms with Gasteiger partial charge in [-0.2, -0.15) is 18.2 Å². The lowest BCUT2D eigenvalue weighted by Crippen LogP contribution is -2.34. The number of thioether (sulfide) groups is 1. The fraction of sp³-hybridized carbons (Fsp3) is 0.120. The van der Waals surface area contributed by atoms with Gasteiger partial charge in [-0.1, -0.05) is 11.8 Å². The highest BCUT2D eigenvalue weighted by Crippen LogP contribution is 2.31. The van der Waals surface area contributed by atoms with Crippen LogP contribution < -0.4 is 15.4 Å². The van der Waals surface area contributed by atoms with Gasteiger partial charge in [0.2, 0.25) is 0 Å². The molecule has 0 radical (unpaired) electrons. The van der Waals surface area contributed by atoms with Crippen molar-refractivity contribution in [1.82, 2.24) is 15.3 Å². The second-order valence-corrected chi connectivity index (χ2v) is 8.50. The van der Waals surface area contributed by atoms with Crippen LogP contribution in [0.1, 0.15) is 21.0 Å². The van der Waals surface area contributed by atoms with E-state index in [4.69, 9.17) is 9.15 Å². The van der Waals surface area contributed by atoms with Crippen molar-refractivity contribution in [2.24, 2.45) is 0 Å². The summed E-state index contributed by atoms with van der Waals surface area (Å²) in [7, 11) is 0. The summed E-state index contributed by atoms with van der Waals surface area (Å²) in [6.45, 7) is -1.54. The third kappa shape index (κ3) is 7.10. The zero-order valence-electron chi connectivity index (χ0n) is 19.8. The van der Waals surface area contributed by atoms with Crippen molar-refractivity contribution in [2.45, 2.75) is 11.4 Å². The van der Waals surface area contributed by atoms with Gasteiger partial charge in [-0.25, -0.2) is 8.78 Å². The van der Waals surface area contributed by atoms with Gasteiger partial charge in [-0.05, 0) is 48.7 Å². The predicted molar refractivity (Wildman–Crippen MR) is 131 cm³/mol. The molecule has 0 aliphatic carbocycles. The molecule has 0 saturated carbocycles. The van der Waals surface area contributed by atoms with E-state index >= 15 is 0 Å². The molecule has 2 aromatic carbocycles. The monoisotopic (exact) mass is 564 g/mol. The highest BCUT2D eigenvalue weighted by molar-refractivity contribution is 7.98. The number of ether oxygens (including phenoxy) is 1. The van der Waals surface area contributed by atoms with Gasteiger partial charge >= 0.3 is 6.18 Å². The Morgan fingerprint density at radius 2 is 1.77 bits per heavy atom. The number of hydrogen-bond donors (Lipinski definition) is 2. The molecule has 4 aromatic rings. The van der Waals surface area contributed by atoms with Crippen molar-refractivity contribution in [3.05, 3.63) is 83.8 Å². The number of benzene rings is 2. The lowest BCUT2D eigenvalue weighted by Gasteiger charge is -2.11. The van der Waals surface area contributed by atoms with Crippen molar-refractivity contribution in [1.29, 1.82) is 0 Å². The SMILES string of the molecule is CSc1nc(C(=O)Nc2ccc(Oc3ccnc(C(=O)NCC(F)(F)F)c3)c(F)c2)c(-c2ccc(F)cc2)o1. The molecule has 0 aliphatic heterocycles. The van der Waals surface area contributed by atoms with E-state index in [0.29, 0.717) is 5.56 Å². The number of hydrogen-bond acceptors (Lipinski definition) is 7. The minimum Gasteiger partial charge on any atom is -0.454 e. The van der Waals surface area contributed by atoms with E-state index in [1.54, 1.807) is 11.6 Å². The van der Waals surface area contributed by atoms with Crippen LogP contribution >= 0.6 is 11.8 Å². The van der Waals surface area contributed by atoms with E-state index in [0.717, 1.165) is 30.1 Å². The van der Waals surface area contributed by atoms with Crippen LogP contribution in [0.5, 0.6) is 11.5 Å². The van der Waals surface area contributed by atoms with Crippen LogP contribution in [0.2, 0.25) is 0 Å². The quantitative estimate of drug-likeness (QED) is 0.198. The lowest BCUT2D eigenvalue weighted by molar-refractivity contribution is -0.123. The Labute approximate surface area is 221 Å². The number of oxazole rings is 1. The highest BCUT2D eigenvalue weighted by atomic mass is 32.2. The number of carbonyl (C=O) groups excluding carboxylic acids is 2. The molecular weight excluding hydrogens is 547 g/mol. The van der Waals surface area contributed by atoms with Crippen LogP contribution in [0.15, 0.2) is 70.4 Å². The summed E-state index contributed by atoms with van der Waals surface area (Å²) in [5, 5.41) is 4.37. The number of anilines is 1. The van der Waals surface area contributed by atoms with Gasteiger partial charge in [-0.3, -0.25) is 14.6 Å². The van der Waals surface area contributed by atoms with Crippen LogP contribution in [0.3, 0.4) is 0 Å². The molecule has 4 rings (SSSR count). The molecule has 14 heteroatoms. The zero-order valence-corrected chi connectivity index (χ0v) is 20.6. The summed E-state index contributed by atoms with van der Waals surface area (Å²) < 4.78 is 76.1. The minimum absolute atomic E-state index is 0.0468. The summed E-state index contributed by atoms with van der Waals surface area (Å²) in [5.41, 5.74) is -0.00586. The molecule has 0 aliphatic rings. The molecular formula is C25H17F5N4O4S. The van der Waals surface area contributed by atoms with Crippen LogP contribution in [0, 0.1) is 11.6 Å². The topological polar surface area (TPSA) is 106 Å². The first-order valence-corrected chi connectivity index (χ1v) is 12.2. The first-order chi connectivity index (χ1) is 18.5. The van der Waals surface area contributed by atoms with E-state index in [2.05, 4.69) is 15.3 Å². The van der Waals surface area contributed by atoms with Gasteiger partial charge in [0, 0.05) is 29.6 Å². The summed E-state index contributed by atoms with van der Waals surface area (Å²) in [6, 6.07) is 11.1. The predicted octanol–water partition coefficient (Wildman–Crippen LogP) is 6.07. The number of rotatable bonds is 8. The summed E-state index contributed by atoms with van der Waals surface area (Å²) in [4.78, 5) is 32.7. The number of alkyl halides is 3. The zero-order chi connectivity index (χ0) is 28.2. The molecule has 0 bridgehead atoms. The average Bonchev–Trinajstić information content (AvgIpc) is 3.34. The molecule has 2 aromatic heterocycles. The molecule has 0 spiro atoms. The van der Waals surface area contributed by atoms with E-state index in [1.165, 1.54) is 42.5 Å². The lowest BCUT2D eigenvalue weighted by atomic mass is 10.1. The smallest absolute Gasteiger partial charge is 0.405 e. The molecule has 0 fully saturated rings. The third-order valence-corrected chi connectivity index (χ3v) is 5.46. The molecule has 2 N–H and O–H groups in total. The Kier molecular flexibility index (Phi) is 8.14. The molecule has 2 heterocycles. The van der Waals surface area contributed by atoms with Crippen molar-refractivity contribution >= 4 is 29.3 Å². The number of carbonyl (C=O) groups is 2. The van der Waals surface area contributed by atoms with Gasteiger partial charge in [0.15, 0.2) is 23.0 Å². The number of halogens is 5. The van der Waals surface area contributed by atoms with Crippen LogP contribution in [-0.4, -0.2) is 40.8 Å². The first kappa shape index (κ1) is 27.6. The Morgan fingerprint density at radius 3 is 2.44 bits per heavy atom. The highest BCUT2D eigenvalue weighted by Gasteiger charge is 2.28. The van der Waals surface area contributed by atoms with E-state index in [1.807, 2.05) is 0 Å². The van der Waals surface area contributed by atoms with Crippen molar-refractivity contribution in [2.75, 3.05) is 18.1 Å². The molecule has 0 saturated heterocycles. The molecule has 2 amide bonds. The second kappa shape index (κ2) is 11.5. The fourth-order valence-electron chi connectivity index (χ4n) is 3.19. The minimum atomic E-state index is -4.60. The number of aromatic nitrogens is 2. The number of pyridine rings is 1. The molecule has 39 heavy (non-hydrogen) atoms. The fourth-order valence-corrected chi connectivity index (χ4v) is 3.54.